The molecule has 0 saturated carbocycles. The zero-order valence-corrected chi connectivity index (χ0v) is 20.4. The molecule has 3 nitrogen and oxygen atoms in total. The van der Waals surface area contributed by atoms with Gasteiger partial charge in [0.25, 0.3) is 6.33 Å². The molecule has 6 rings (SSSR count). The van der Waals surface area contributed by atoms with Gasteiger partial charge in [-0.15, -0.1) is 0 Å². The Hall–Kier alpha value is -3.20. The molecule has 2 aromatic heterocycles. The van der Waals surface area contributed by atoms with Gasteiger partial charge in [-0.05, 0) is 64.8 Å². The van der Waals surface area contributed by atoms with Crippen molar-refractivity contribution >= 4 is 32.7 Å². The third kappa shape index (κ3) is 2.88. The summed E-state index contributed by atoms with van der Waals surface area (Å²) in [7, 11) is 2.04. The fourth-order valence-corrected chi connectivity index (χ4v) is 5.79. The van der Waals surface area contributed by atoms with Crippen molar-refractivity contribution < 1.29 is 8.98 Å². The molecule has 0 radical (unpaired) electrons. The van der Waals surface area contributed by atoms with Crippen LogP contribution in [0.4, 0.5) is 0 Å². The zero-order valence-electron chi connectivity index (χ0n) is 20.4. The van der Waals surface area contributed by atoms with Gasteiger partial charge in [0.15, 0.2) is 0 Å². The van der Waals surface area contributed by atoms with E-state index in [1.54, 1.807) is 0 Å². The Morgan fingerprint density at radius 3 is 2.21 bits per heavy atom. The third-order valence-corrected chi connectivity index (χ3v) is 8.00. The van der Waals surface area contributed by atoms with Crippen LogP contribution in [0.1, 0.15) is 57.2 Å². The molecular weight excluding hydrogens is 404 g/mol. The van der Waals surface area contributed by atoms with Crippen LogP contribution in [0, 0.1) is 6.92 Å². The Labute approximate surface area is 195 Å². The van der Waals surface area contributed by atoms with Crippen molar-refractivity contribution in [1.29, 1.82) is 0 Å². The van der Waals surface area contributed by atoms with Crippen LogP contribution in [0.5, 0.6) is 0 Å². The Morgan fingerprint density at radius 1 is 0.818 bits per heavy atom. The van der Waals surface area contributed by atoms with Crippen LogP contribution in [0.15, 0.2) is 59.4 Å². The SMILES string of the molecule is Cc1ccc2c(oc3c4cc5c(cc4ccc23)C(C)(C)CCC5(C)C)c1-c1ccnc[n+]1C. The normalized spacial score (nSPS) is 17.0. The first-order chi connectivity index (χ1) is 15.7. The number of benzene rings is 3. The van der Waals surface area contributed by atoms with E-state index in [4.69, 9.17) is 4.42 Å². The molecular formula is C30H31N2O+. The second-order valence-corrected chi connectivity index (χ2v) is 11.1. The fourth-order valence-electron chi connectivity index (χ4n) is 5.79. The first-order valence-corrected chi connectivity index (χ1v) is 11.9. The molecule has 0 unspecified atom stereocenters. The summed E-state index contributed by atoms with van der Waals surface area (Å²) >= 11 is 0. The van der Waals surface area contributed by atoms with Crippen LogP contribution in [0.2, 0.25) is 0 Å². The first kappa shape index (κ1) is 20.4. The monoisotopic (exact) mass is 435 g/mol. The summed E-state index contributed by atoms with van der Waals surface area (Å²) in [6.45, 7) is 11.7. The Kier molecular flexibility index (Phi) is 4.12. The summed E-state index contributed by atoms with van der Waals surface area (Å²) in [5.41, 5.74) is 8.72. The van der Waals surface area contributed by atoms with Gasteiger partial charge in [-0.3, -0.25) is 0 Å². The maximum Gasteiger partial charge on any atom is 0.286 e. The summed E-state index contributed by atoms with van der Waals surface area (Å²) in [5.74, 6) is 0. The number of aryl methyl sites for hydroxylation is 2. The molecule has 0 N–H and O–H groups in total. The lowest BCUT2D eigenvalue weighted by atomic mass is 9.63. The predicted octanol–water partition coefficient (Wildman–Crippen LogP) is 7.28. The summed E-state index contributed by atoms with van der Waals surface area (Å²) in [4.78, 5) is 4.26. The Bertz CT molecular complexity index is 1590. The second-order valence-electron chi connectivity index (χ2n) is 11.1. The van der Waals surface area contributed by atoms with Crippen LogP contribution < -0.4 is 4.57 Å². The molecule has 0 saturated heterocycles. The summed E-state index contributed by atoms with van der Waals surface area (Å²) in [6, 6.07) is 15.8. The van der Waals surface area contributed by atoms with Gasteiger partial charge in [-0.1, -0.05) is 56.9 Å². The van der Waals surface area contributed by atoms with Crippen LogP contribution in [-0.2, 0) is 17.9 Å². The van der Waals surface area contributed by atoms with E-state index in [2.05, 4.69) is 86.6 Å². The number of furan rings is 1. The minimum atomic E-state index is 0.166. The van der Waals surface area contributed by atoms with Crippen molar-refractivity contribution in [3.63, 3.8) is 0 Å². The van der Waals surface area contributed by atoms with E-state index in [0.717, 1.165) is 22.4 Å². The van der Waals surface area contributed by atoms with Crippen molar-refractivity contribution in [2.24, 2.45) is 7.05 Å². The average molecular weight is 436 g/mol. The Morgan fingerprint density at radius 2 is 1.48 bits per heavy atom. The van der Waals surface area contributed by atoms with E-state index in [9.17, 15) is 0 Å². The number of hydrogen-bond donors (Lipinski definition) is 0. The Balaban J connectivity index is 1.72. The van der Waals surface area contributed by atoms with Crippen LogP contribution in [0.3, 0.4) is 0 Å². The molecule has 0 spiro atoms. The van der Waals surface area contributed by atoms with Crippen molar-refractivity contribution in [2.75, 3.05) is 0 Å². The summed E-state index contributed by atoms with van der Waals surface area (Å²) in [5, 5.41) is 4.83. The highest BCUT2D eigenvalue weighted by Crippen LogP contribution is 2.48. The molecule has 2 heterocycles. The molecule has 0 atom stereocenters. The average Bonchev–Trinajstić information content (AvgIpc) is 3.16. The lowest BCUT2D eigenvalue weighted by Gasteiger charge is -2.42. The lowest BCUT2D eigenvalue weighted by Crippen LogP contribution is -2.33. The van der Waals surface area contributed by atoms with Gasteiger partial charge in [0, 0.05) is 22.2 Å². The number of hydrogen-bond acceptors (Lipinski definition) is 2. The molecule has 33 heavy (non-hydrogen) atoms. The molecule has 0 bridgehead atoms. The maximum atomic E-state index is 6.76. The number of aromatic nitrogens is 2. The third-order valence-electron chi connectivity index (χ3n) is 8.00. The molecule has 1 aliphatic rings. The minimum Gasteiger partial charge on any atom is -0.455 e. The second kappa shape index (κ2) is 6.66. The predicted molar refractivity (Wildman–Crippen MR) is 136 cm³/mol. The van der Waals surface area contributed by atoms with Gasteiger partial charge in [0.2, 0.25) is 0 Å². The van der Waals surface area contributed by atoms with Crippen molar-refractivity contribution in [1.82, 2.24) is 4.98 Å². The quantitative estimate of drug-likeness (QED) is 0.259. The molecule has 3 aromatic carbocycles. The summed E-state index contributed by atoms with van der Waals surface area (Å²) in [6.07, 6.45) is 6.12. The lowest BCUT2D eigenvalue weighted by molar-refractivity contribution is -0.663. The van der Waals surface area contributed by atoms with Gasteiger partial charge in [-0.2, -0.15) is 0 Å². The molecule has 1 aliphatic carbocycles. The number of nitrogens with zero attached hydrogens (tertiary/aromatic N) is 2. The highest BCUT2D eigenvalue weighted by molar-refractivity contribution is 6.17. The highest BCUT2D eigenvalue weighted by Gasteiger charge is 2.37. The van der Waals surface area contributed by atoms with Gasteiger partial charge in [-0.25, -0.2) is 4.57 Å². The van der Waals surface area contributed by atoms with Gasteiger partial charge < -0.3 is 4.42 Å². The van der Waals surface area contributed by atoms with E-state index < -0.39 is 0 Å². The molecule has 0 aliphatic heterocycles. The first-order valence-electron chi connectivity index (χ1n) is 11.9. The van der Waals surface area contributed by atoms with Gasteiger partial charge >= 0.3 is 0 Å². The maximum absolute atomic E-state index is 6.76. The fraction of sp³-hybridized carbons (Fsp3) is 0.333. The van der Waals surface area contributed by atoms with Gasteiger partial charge in [0.1, 0.15) is 23.1 Å². The van der Waals surface area contributed by atoms with Crippen LogP contribution >= 0.6 is 0 Å². The van der Waals surface area contributed by atoms with Crippen LogP contribution in [-0.4, -0.2) is 4.98 Å². The molecule has 166 valence electrons. The summed E-state index contributed by atoms with van der Waals surface area (Å²) < 4.78 is 8.83. The highest BCUT2D eigenvalue weighted by atomic mass is 16.3. The molecule has 0 amide bonds. The topological polar surface area (TPSA) is 29.9 Å². The number of fused-ring (bicyclic) bond motifs is 6. The van der Waals surface area contributed by atoms with Gasteiger partial charge in [0.05, 0.1) is 12.6 Å². The van der Waals surface area contributed by atoms with Crippen molar-refractivity contribution in [3.8, 4) is 11.3 Å². The van der Waals surface area contributed by atoms with Crippen molar-refractivity contribution in [2.45, 2.75) is 58.3 Å². The van der Waals surface area contributed by atoms with E-state index in [1.807, 2.05) is 19.6 Å². The zero-order chi connectivity index (χ0) is 23.1. The van der Waals surface area contributed by atoms with E-state index in [0.29, 0.717) is 0 Å². The number of rotatable bonds is 1. The van der Waals surface area contributed by atoms with Crippen LogP contribution in [0.25, 0.3) is 44.0 Å². The van der Waals surface area contributed by atoms with E-state index in [-0.39, 0.29) is 10.8 Å². The van der Waals surface area contributed by atoms with E-state index >= 15 is 0 Å². The molecule has 3 heteroatoms. The standard InChI is InChI=1S/C30H31N2O/c1-18-7-9-21-20-10-8-19-15-23-24(30(4,5)13-12-29(23,2)3)16-22(19)27(20)33-28(21)26(18)25-11-14-31-17-32(25)6/h7-11,14-17H,12-13H2,1-6H3/q+1. The van der Waals surface area contributed by atoms with Crippen molar-refractivity contribution in [3.05, 3.63) is 71.7 Å². The molecule has 5 aromatic rings. The minimum absolute atomic E-state index is 0.166. The smallest absolute Gasteiger partial charge is 0.286 e. The van der Waals surface area contributed by atoms with E-state index in [1.165, 1.54) is 51.1 Å². The molecule has 0 fully saturated rings. The largest absolute Gasteiger partial charge is 0.455 e.